The van der Waals surface area contributed by atoms with Crippen LogP contribution >= 0.6 is 0 Å². The zero-order chi connectivity index (χ0) is 30.6. The standard InChI is InChI=1S/C22H22O4.C15H16O2/c1-24-18-10-8-17(9-11-18)22(23)20-14-19(25-2)12-13-21(20)26-15-16-6-4-3-5-7-16;1-11-3-8-15(16)13(9-11)10-12-4-6-14(17-2)7-5-12/h3-14,22-23H,15H2,1-2H3;3-9,16H,10H2,1-2H3. The molecule has 1 atom stereocenters. The van der Waals surface area contributed by atoms with Crippen molar-refractivity contribution in [3.8, 4) is 28.7 Å². The summed E-state index contributed by atoms with van der Waals surface area (Å²) in [4.78, 5) is 0. The molecule has 0 aliphatic carbocycles. The number of rotatable bonds is 10. The van der Waals surface area contributed by atoms with Gasteiger partial charge in [0.2, 0.25) is 0 Å². The molecule has 0 heterocycles. The van der Waals surface area contributed by atoms with Gasteiger partial charge in [0.05, 0.1) is 21.3 Å². The highest BCUT2D eigenvalue weighted by Gasteiger charge is 2.17. The number of aliphatic hydroxyl groups is 1. The molecule has 2 N–H and O–H groups in total. The second-order valence-electron chi connectivity index (χ2n) is 10.0. The lowest BCUT2D eigenvalue weighted by Gasteiger charge is -2.18. The Kier molecular flexibility index (Phi) is 11.1. The maximum Gasteiger partial charge on any atom is 0.126 e. The van der Waals surface area contributed by atoms with Crippen LogP contribution in [-0.2, 0) is 13.0 Å². The van der Waals surface area contributed by atoms with E-state index < -0.39 is 6.10 Å². The number of phenols is 1. The first-order valence-corrected chi connectivity index (χ1v) is 14.0. The molecule has 222 valence electrons. The molecule has 5 aromatic rings. The number of ether oxygens (including phenoxy) is 4. The summed E-state index contributed by atoms with van der Waals surface area (Å²) < 4.78 is 21.6. The van der Waals surface area contributed by atoms with E-state index in [1.807, 2.05) is 110 Å². The Labute approximate surface area is 253 Å². The lowest BCUT2D eigenvalue weighted by Crippen LogP contribution is -2.05. The minimum absolute atomic E-state index is 0.353. The Bertz CT molecular complexity index is 1560. The van der Waals surface area contributed by atoms with E-state index in [4.69, 9.17) is 18.9 Å². The first-order valence-electron chi connectivity index (χ1n) is 14.0. The molecule has 0 saturated heterocycles. The monoisotopic (exact) mass is 578 g/mol. The number of aryl methyl sites for hydroxylation is 1. The minimum Gasteiger partial charge on any atom is -0.508 e. The number of aliphatic hydroxyl groups excluding tert-OH is 1. The molecule has 0 bridgehead atoms. The van der Waals surface area contributed by atoms with Gasteiger partial charge in [0.15, 0.2) is 0 Å². The summed E-state index contributed by atoms with van der Waals surface area (Å²) in [5.74, 6) is 3.23. The smallest absolute Gasteiger partial charge is 0.126 e. The van der Waals surface area contributed by atoms with Crippen LogP contribution in [0, 0.1) is 6.92 Å². The van der Waals surface area contributed by atoms with Crippen LogP contribution in [0.15, 0.2) is 115 Å². The Balaban J connectivity index is 0.000000215. The Hall–Kier alpha value is -4.94. The molecule has 0 aromatic heterocycles. The molecule has 6 heteroatoms. The van der Waals surface area contributed by atoms with E-state index in [1.165, 1.54) is 0 Å². The fourth-order valence-electron chi connectivity index (χ4n) is 4.52. The van der Waals surface area contributed by atoms with E-state index in [2.05, 4.69) is 0 Å². The Morgan fingerprint density at radius 3 is 1.86 bits per heavy atom. The topological polar surface area (TPSA) is 77.4 Å². The summed E-state index contributed by atoms with van der Waals surface area (Å²) in [7, 11) is 4.87. The van der Waals surface area contributed by atoms with Crippen LogP contribution in [-0.4, -0.2) is 31.5 Å². The van der Waals surface area contributed by atoms with E-state index >= 15 is 0 Å². The lowest BCUT2D eigenvalue weighted by atomic mass is 10.00. The van der Waals surface area contributed by atoms with E-state index in [1.54, 1.807) is 33.5 Å². The third-order valence-electron chi connectivity index (χ3n) is 6.97. The van der Waals surface area contributed by atoms with Crippen molar-refractivity contribution in [2.75, 3.05) is 21.3 Å². The number of hydrogen-bond donors (Lipinski definition) is 2. The molecule has 0 aliphatic rings. The van der Waals surface area contributed by atoms with Gasteiger partial charge in [0, 0.05) is 12.0 Å². The number of phenolic OH excluding ortho intramolecular Hbond substituents is 1. The van der Waals surface area contributed by atoms with Gasteiger partial charge in [-0.1, -0.05) is 72.3 Å². The second kappa shape index (κ2) is 15.3. The fraction of sp³-hybridized carbons (Fsp3) is 0.189. The van der Waals surface area contributed by atoms with Crippen molar-refractivity contribution in [2.45, 2.75) is 26.1 Å². The van der Waals surface area contributed by atoms with Crippen LogP contribution in [0.1, 0.15) is 39.5 Å². The first-order chi connectivity index (χ1) is 20.9. The summed E-state index contributed by atoms with van der Waals surface area (Å²) in [6, 6.07) is 36.2. The highest BCUT2D eigenvalue weighted by atomic mass is 16.5. The molecule has 0 fully saturated rings. The molecule has 43 heavy (non-hydrogen) atoms. The number of methoxy groups -OCH3 is 3. The van der Waals surface area contributed by atoms with Crippen molar-refractivity contribution in [3.63, 3.8) is 0 Å². The number of benzene rings is 5. The van der Waals surface area contributed by atoms with E-state index in [0.717, 1.165) is 45.7 Å². The zero-order valence-electron chi connectivity index (χ0n) is 25.0. The summed E-state index contributed by atoms with van der Waals surface area (Å²) in [6.45, 7) is 2.45. The predicted molar refractivity (Wildman–Crippen MR) is 169 cm³/mol. The van der Waals surface area contributed by atoms with Crippen molar-refractivity contribution in [3.05, 3.63) is 149 Å². The first kappa shape index (κ1) is 31.0. The quantitative estimate of drug-likeness (QED) is 0.177. The molecule has 6 nitrogen and oxygen atoms in total. The van der Waals surface area contributed by atoms with Crippen molar-refractivity contribution in [1.82, 2.24) is 0 Å². The van der Waals surface area contributed by atoms with Crippen molar-refractivity contribution in [2.24, 2.45) is 0 Å². The van der Waals surface area contributed by atoms with Gasteiger partial charge in [0.1, 0.15) is 41.5 Å². The highest BCUT2D eigenvalue weighted by molar-refractivity contribution is 5.46. The van der Waals surface area contributed by atoms with Crippen LogP contribution in [0.4, 0.5) is 0 Å². The normalized spacial score (nSPS) is 11.1. The summed E-state index contributed by atoms with van der Waals surface area (Å²) in [6.07, 6.45) is -0.0980. The SMILES string of the molecule is COc1ccc(C(O)c2cc(OC)ccc2OCc2ccccc2)cc1.COc1ccc(Cc2cc(C)ccc2O)cc1. The minimum atomic E-state index is -0.832. The summed E-state index contributed by atoms with van der Waals surface area (Å²) in [5.41, 5.74) is 5.75. The molecular weight excluding hydrogens is 540 g/mol. The van der Waals surface area contributed by atoms with E-state index in [9.17, 15) is 10.2 Å². The molecule has 0 radical (unpaired) electrons. The third kappa shape index (κ3) is 8.77. The average molecular weight is 579 g/mol. The van der Waals surface area contributed by atoms with Gasteiger partial charge in [-0.2, -0.15) is 0 Å². The van der Waals surface area contributed by atoms with Gasteiger partial charge in [0.25, 0.3) is 0 Å². The van der Waals surface area contributed by atoms with Gasteiger partial charge < -0.3 is 29.2 Å². The summed E-state index contributed by atoms with van der Waals surface area (Å²) in [5, 5.41) is 20.6. The largest absolute Gasteiger partial charge is 0.508 e. The van der Waals surface area contributed by atoms with E-state index in [-0.39, 0.29) is 0 Å². The van der Waals surface area contributed by atoms with Crippen LogP contribution in [0.25, 0.3) is 0 Å². The molecule has 5 aromatic carbocycles. The predicted octanol–water partition coefficient (Wildman–Crippen LogP) is 7.66. The Morgan fingerprint density at radius 2 is 1.23 bits per heavy atom. The van der Waals surface area contributed by atoms with Gasteiger partial charge in [-0.3, -0.25) is 0 Å². The van der Waals surface area contributed by atoms with Crippen LogP contribution in [0.2, 0.25) is 0 Å². The maximum atomic E-state index is 10.9. The molecule has 5 rings (SSSR count). The van der Waals surface area contributed by atoms with Crippen LogP contribution < -0.4 is 18.9 Å². The molecule has 0 spiro atoms. The maximum absolute atomic E-state index is 10.9. The summed E-state index contributed by atoms with van der Waals surface area (Å²) >= 11 is 0. The molecular formula is C37H38O6. The fourth-order valence-corrected chi connectivity index (χ4v) is 4.52. The molecule has 1 unspecified atom stereocenters. The van der Waals surface area contributed by atoms with Crippen LogP contribution in [0.3, 0.4) is 0 Å². The van der Waals surface area contributed by atoms with Gasteiger partial charge >= 0.3 is 0 Å². The number of aromatic hydroxyl groups is 1. The Morgan fingerprint density at radius 1 is 0.628 bits per heavy atom. The average Bonchev–Trinajstić information content (AvgIpc) is 3.06. The third-order valence-corrected chi connectivity index (χ3v) is 6.97. The number of hydrogen-bond acceptors (Lipinski definition) is 6. The van der Waals surface area contributed by atoms with E-state index in [0.29, 0.717) is 29.4 Å². The lowest BCUT2D eigenvalue weighted by molar-refractivity contribution is 0.208. The zero-order valence-corrected chi connectivity index (χ0v) is 25.0. The highest BCUT2D eigenvalue weighted by Crippen LogP contribution is 2.34. The molecule has 0 aliphatic heterocycles. The van der Waals surface area contributed by atoms with Crippen LogP contribution in [0.5, 0.6) is 28.7 Å². The van der Waals surface area contributed by atoms with Gasteiger partial charge in [-0.15, -0.1) is 0 Å². The molecule has 0 saturated carbocycles. The van der Waals surface area contributed by atoms with Crippen molar-refractivity contribution < 1.29 is 29.2 Å². The second-order valence-corrected chi connectivity index (χ2v) is 10.0. The van der Waals surface area contributed by atoms with Gasteiger partial charge in [-0.05, 0) is 77.7 Å². The van der Waals surface area contributed by atoms with Crippen molar-refractivity contribution >= 4 is 0 Å². The van der Waals surface area contributed by atoms with Crippen molar-refractivity contribution in [1.29, 1.82) is 0 Å². The molecule has 0 amide bonds. The van der Waals surface area contributed by atoms with Gasteiger partial charge in [-0.25, -0.2) is 0 Å².